The van der Waals surface area contributed by atoms with E-state index in [2.05, 4.69) is 5.32 Å². The molecule has 2 amide bonds. The van der Waals surface area contributed by atoms with Crippen LogP contribution in [0.5, 0.6) is 5.75 Å². The van der Waals surface area contributed by atoms with E-state index in [-0.39, 0.29) is 11.8 Å². The third-order valence-electron chi connectivity index (χ3n) is 5.38. The molecule has 31 heavy (non-hydrogen) atoms. The number of methoxy groups -OCH3 is 1. The second-order valence-electron chi connectivity index (χ2n) is 7.35. The van der Waals surface area contributed by atoms with Gasteiger partial charge in [0, 0.05) is 37.4 Å². The first-order valence-corrected chi connectivity index (χ1v) is 10.3. The Morgan fingerprint density at radius 2 is 1.42 bits per heavy atom. The van der Waals surface area contributed by atoms with Crippen LogP contribution in [0, 0.1) is 0 Å². The van der Waals surface area contributed by atoms with Gasteiger partial charge < -0.3 is 19.9 Å². The summed E-state index contributed by atoms with van der Waals surface area (Å²) < 4.78 is 5.21. The van der Waals surface area contributed by atoms with Gasteiger partial charge in [-0.2, -0.15) is 0 Å². The summed E-state index contributed by atoms with van der Waals surface area (Å²) in [5.41, 5.74) is 2.92. The molecular formula is C25H25N3O3. The standard InChI is InChI=1S/C25H25N3O3/c1-31-21-11-7-8-19(18-21)24(29)27-14-16-28(17-15-27)25(30)22-12-5-6-13-23(22)26-20-9-3-2-4-10-20/h2-13,18,26H,14-17H2,1H3. The second-order valence-corrected chi connectivity index (χ2v) is 7.35. The van der Waals surface area contributed by atoms with Gasteiger partial charge >= 0.3 is 0 Å². The number of rotatable bonds is 5. The number of hydrogen-bond donors (Lipinski definition) is 1. The Bertz CT molecular complexity index is 1060. The van der Waals surface area contributed by atoms with E-state index in [9.17, 15) is 9.59 Å². The molecule has 0 aliphatic carbocycles. The van der Waals surface area contributed by atoms with E-state index in [0.717, 1.165) is 11.4 Å². The average molecular weight is 415 g/mol. The van der Waals surface area contributed by atoms with E-state index in [0.29, 0.717) is 43.1 Å². The molecule has 0 saturated carbocycles. The van der Waals surface area contributed by atoms with Crippen LogP contribution in [0.2, 0.25) is 0 Å². The lowest BCUT2D eigenvalue weighted by molar-refractivity contribution is 0.0536. The summed E-state index contributed by atoms with van der Waals surface area (Å²) >= 11 is 0. The molecule has 1 N–H and O–H groups in total. The van der Waals surface area contributed by atoms with Gasteiger partial charge in [0.25, 0.3) is 11.8 Å². The Hall–Kier alpha value is -3.80. The van der Waals surface area contributed by atoms with Gasteiger partial charge in [-0.25, -0.2) is 0 Å². The van der Waals surface area contributed by atoms with Crippen LogP contribution in [0.4, 0.5) is 11.4 Å². The zero-order chi connectivity index (χ0) is 21.6. The number of benzene rings is 3. The first-order valence-electron chi connectivity index (χ1n) is 10.3. The normalized spacial score (nSPS) is 13.6. The summed E-state index contributed by atoms with van der Waals surface area (Å²) in [4.78, 5) is 29.6. The van der Waals surface area contributed by atoms with Crippen molar-refractivity contribution in [3.8, 4) is 5.75 Å². The largest absolute Gasteiger partial charge is 0.497 e. The minimum absolute atomic E-state index is 0.0347. The number of hydrogen-bond acceptors (Lipinski definition) is 4. The van der Waals surface area contributed by atoms with Gasteiger partial charge in [-0.1, -0.05) is 36.4 Å². The van der Waals surface area contributed by atoms with Gasteiger partial charge in [0.1, 0.15) is 5.75 Å². The molecule has 4 rings (SSSR count). The number of ether oxygens (including phenoxy) is 1. The number of nitrogens with one attached hydrogen (secondary N) is 1. The van der Waals surface area contributed by atoms with Gasteiger partial charge in [0.2, 0.25) is 0 Å². The summed E-state index contributed by atoms with van der Waals surface area (Å²) in [6, 6.07) is 24.4. The molecule has 0 bridgehead atoms. The Kier molecular flexibility index (Phi) is 6.17. The average Bonchev–Trinajstić information content (AvgIpc) is 2.84. The van der Waals surface area contributed by atoms with Crippen molar-refractivity contribution in [2.24, 2.45) is 0 Å². The van der Waals surface area contributed by atoms with Gasteiger partial charge in [-0.3, -0.25) is 9.59 Å². The molecule has 6 nitrogen and oxygen atoms in total. The Labute approximate surface area is 182 Å². The molecule has 0 unspecified atom stereocenters. The third kappa shape index (κ3) is 4.69. The zero-order valence-electron chi connectivity index (χ0n) is 17.5. The molecule has 0 atom stereocenters. The Balaban J connectivity index is 1.42. The smallest absolute Gasteiger partial charge is 0.256 e. The molecule has 1 fully saturated rings. The maximum Gasteiger partial charge on any atom is 0.256 e. The summed E-state index contributed by atoms with van der Waals surface area (Å²) in [5, 5.41) is 3.33. The third-order valence-corrected chi connectivity index (χ3v) is 5.38. The van der Waals surface area contributed by atoms with Gasteiger partial charge in [0.15, 0.2) is 0 Å². The van der Waals surface area contributed by atoms with Crippen molar-refractivity contribution in [2.75, 3.05) is 38.6 Å². The predicted molar refractivity (Wildman–Crippen MR) is 121 cm³/mol. The van der Waals surface area contributed by atoms with Gasteiger partial charge in [-0.05, 0) is 42.5 Å². The van der Waals surface area contributed by atoms with E-state index in [1.165, 1.54) is 0 Å². The topological polar surface area (TPSA) is 61.9 Å². The van der Waals surface area contributed by atoms with E-state index in [1.54, 1.807) is 29.0 Å². The minimum Gasteiger partial charge on any atom is -0.497 e. The van der Waals surface area contributed by atoms with E-state index in [1.807, 2.05) is 66.7 Å². The number of amides is 2. The second kappa shape index (κ2) is 9.34. The molecule has 3 aromatic rings. The maximum absolute atomic E-state index is 13.2. The molecule has 3 aromatic carbocycles. The Morgan fingerprint density at radius 1 is 0.774 bits per heavy atom. The molecule has 0 radical (unpaired) electrons. The molecule has 0 aromatic heterocycles. The monoisotopic (exact) mass is 415 g/mol. The first-order chi connectivity index (χ1) is 15.2. The van der Waals surface area contributed by atoms with Crippen LogP contribution in [0.3, 0.4) is 0 Å². The molecular weight excluding hydrogens is 390 g/mol. The van der Waals surface area contributed by atoms with E-state index >= 15 is 0 Å². The molecule has 1 aliphatic rings. The SMILES string of the molecule is COc1cccc(C(=O)N2CCN(C(=O)c3ccccc3Nc3ccccc3)CC2)c1. The molecule has 158 valence electrons. The van der Waals surface area contributed by atoms with Crippen LogP contribution in [0.25, 0.3) is 0 Å². The highest BCUT2D eigenvalue weighted by Crippen LogP contribution is 2.23. The fourth-order valence-corrected chi connectivity index (χ4v) is 3.68. The van der Waals surface area contributed by atoms with Crippen LogP contribution in [0.1, 0.15) is 20.7 Å². The molecule has 0 spiro atoms. The number of carbonyl (C=O) groups excluding carboxylic acids is 2. The molecule has 1 aliphatic heterocycles. The highest BCUT2D eigenvalue weighted by atomic mass is 16.5. The van der Waals surface area contributed by atoms with Crippen LogP contribution < -0.4 is 10.1 Å². The highest BCUT2D eigenvalue weighted by Gasteiger charge is 2.26. The number of piperazine rings is 1. The van der Waals surface area contributed by atoms with E-state index < -0.39 is 0 Å². The van der Waals surface area contributed by atoms with Crippen molar-refractivity contribution in [1.29, 1.82) is 0 Å². The fourth-order valence-electron chi connectivity index (χ4n) is 3.68. The van der Waals surface area contributed by atoms with Crippen LogP contribution in [0.15, 0.2) is 78.9 Å². The lowest BCUT2D eigenvalue weighted by Gasteiger charge is -2.35. The maximum atomic E-state index is 13.2. The van der Waals surface area contributed by atoms with Gasteiger partial charge in [-0.15, -0.1) is 0 Å². The van der Waals surface area contributed by atoms with Crippen LogP contribution >= 0.6 is 0 Å². The zero-order valence-corrected chi connectivity index (χ0v) is 17.5. The lowest BCUT2D eigenvalue weighted by atomic mass is 10.1. The van der Waals surface area contributed by atoms with E-state index in [4.69, 9.17) is 4.74 Å². The van der Waals surface area contributed by atoms with Crippen molar-refractivity contribution in [2.45, 2.75) is 0 Å². The fraction of sp³-hybridized carbons (Fsp3) is 0.200. The first kappa shape index (κ1) is 20.5. The number of carbonyl (C=O) groups is 2. The lowest BCUT2D eigenvalue weighted by Crippen LogP contribution is -2.50. The van der Waals surface area contributed by atoms with Crippen LogP contribution in [-0.4, -0.2) is 54.9 Å². The molecule has 1 heterocycles. The summed E-state index contributed by atoms with van der Waals surface area (Å²) in [6.45, 7) is 1.98. The minimum atomic E-state index is -0.0443. The highest BCUT2D eigenvalue weighted by molar-refractivity contribution is 6.00. The van der Waals surface area contributed by atoms with Crippen molar-refractivity contribution in [3.05, 3.63) is 90.0 Å². The summed E-state index contributed by atoms with van der Waals surface area (Å²) in [5.74, 6) is 0.576. The van der Waals surface area contributed by atoms with Crippen molar-refractivity contribution in [1.82, 2.24) is 9.80 Å². The van der Waals surface area contributed by atoms with Crippen molar-refractivity contribution in [3.63, 3.8) is 0 Å². The Morgan fingerprint density at radius 3 is 2.13 bits per heavy atom. The number of para-hydroxylation sites is 2. The molecule has 1 saturated heterocycles. The van der Waals surface area contributed by atoms with Crippen molar-refractivity contribution >= 4 is 23.2 Å². The summed E-state index contributed by atoms with van der Waals surface area (Å²) in [6.07, 6.45) is 0. The number of nitrogens with zero attached hydrogens (tertiary/aromatic N) is 2. The predicted octanol–water partition coefficient (Wildman–Crippen LogP) is 4.04. The van der Waals surface area contributed by atoms with Gasteiger partial charge in [0.05, 0.1) is 18.4 Å². The van der Waals surface area contributed by atoms with Crippen molar-refractivity contribution < 1.29 is 14.3 Å². The number of anilines is 2. The quantitative estimate of drug-likeness (QED) is 0.683. The summed E-state index contributed by atoms with van der Waals surface area (Å²) in [7, 11) is 1.58. The van der Waals surface area contributed by atoms with Crippen LogP contribution in [-0.2, 0) is 0 Å². The molecule has 6 heteroatoms.